The molecule has 0 saturated carbocycles. The van der Waals surface area contributed by atoms with E-state index < -0.39 is 16.0 Å². The molecule has 0 bridgehead atoms. The molecule has 1 aromatic carbocycles. The van der Waals surface area contributed by atoms with Crippen molar-refractivity contribution < 1.29 is 22.7 Å². The Hall–Kier alpha value is -1.93. The maximum absolute atomic E-state index is 13.0. The molecular formula is C18H28N2O5S. The molecule has 7 nitrogen and oxygen atoms in total. The van der Waals surface area contributed by atoms with E-state index in [9.17, 15) is 18.0 Å². The summed E-state index contributed by atoms with van der Waals surface area (Å²) in [5.41, 5.74) is 0.992. The average Bonchev–Trinajstić information content (AvgIpc) is 2.57. The van der Waals surface area contributed by atoms with Gasteiger partial charge in [-0.2, -0.15) is 0 Å². The van der Waals surface area contributed by atoms with Crippen molar-refractivity contribution in [1.29, 1.82) is 0 Å². The quantitative estimate of drug-likeness (QED) is 0.657. The zero-order valence-corrected chi connectivity index (χ0v) is 16.9. The maximum atomic E-state index is 13.0. The lowest BCUT2D eigenvalue weighted by molar-refractivity contribution is -0.140. The van der Waals surface area contributed by atoms with Crippen LogP contribution in [0.3, 0.4) is 0 Å². The van der Waals surface area contributed by atoms with E-state index >= 15 is 0 Å². The van der Waals surface area contributed by atoms with Crippen LogP contribution in [0.15, 0.2) is 23.1 Å². The Morgan fingerprint density at radius 1 is 1.27 bits per heavy atom. The summed E-state index contributed by atoms with van der Waals surface area (Å²) in [6.07, 6.45) is 0.0867. The van der Waals surface area contributed by atoms with Gasteiger partial charge in [-0.05, 0) is 30.5 Å². The molecule has 0 aliphatic carbocycles. The lowest BCUT2D eigenvalue weighted by atomic mass is 10.1. The van der Waals surface area contributed by atoms with Crippen LogP contribution in [0.25, 0.3) is 0 Å². The number of nitrogens with zero attached hydrogens (tertiary/aromatic N) is 1. The molecule has 0 aromatic heterocycles. The zero-order valence-electron chi connectivity index (χ0n) is 16.0. The molecule has 0 radical (unpaired) electrons. The maximum Gasteiger partial charge on any atom is 0.307 e. The highest BCUT2D eigenvalue weighted by atomic mass is 32.2. The van der Waals surface area contributed by atoms with E-state index in [-0.39, 0.29) is 36.2 Å². The summed E-state index contributed by atoms with van der Waals surface area (Å²) in [5.74, 6) is -0.494. The van der Waals surface area contributed by atoms with Crippen LogP contribution in [-0.2, 0) is 19.6 Å². The molecule has 1 amide bonds. The normalized spacial score (nSPS) is 11.5. The van der Waals surface area contributed by atoms with Gasteiger partial charge in [-0.3, -0.25) is 9.59 Å². The van der Waals surface area contributed by atoms with Crippen LogP contribution in [0, 0.1) is 12.8 Å². The van der Waals surface area contributed by atoms with E-state index in [0.29, 0.717) is 17.7 Å². The third-order valence-electron chi connectivity index (χ3n) is 3.77. The van der Waals surface area contributed by atoms with E-state index in [2.05, 4.69) is 9.46 Å². The summed E-state index contributed by atoms with van der Waals surface area (Å²) in [6, 6.07) is 4.48. The number of esters is 1. The van der Waals surface area contributed by atoms with Crippen molar-refractivity contribution in [1.82, 2.24) is 9.62 Å². The molecule has 1 rings (SSSR count). The first-order chi connectivity index (χ1) is 12.1. The van der Waals surface area contributed by atoms with Gasteiger partial charge in [0.25, 0.3) is 5.91 Å². The van der Waals surface area contributed by atoms with Crippen LogP contribution in [0.1, 0.15) is 43.1 Å². The molecule has 0 saturated heterocycles. The van der Waals surface area contributed by atoms with Gasteiger partial charge in [-0.25, -0.2) is 13.1 Å². The van der Waals surface area contributed by atoms with Crippen molar-refractivity contribution in [3.05, 3.63) is 29.3 Å². The fourth-order valence-electron chi connectivity index (χ4n) is 2.49. The third-order valence-corrected chi connectivity index (χ3v) is 5.31. The van der Waals surface area contributed by atoms with Crippen molar-refractivity contribution in [2.45, 2.75) is 39.0 Å². The lowest BCUT2D eigenvalue weighted by Crippen LogP contribution is -2.36. The Morgan fingerprint density at radius 3 is 2.46 bits per heavy atom. The van der Waals surface area contributed by atoms with Gasteiger partial charge in [-0.1, -0.05) is 26.8 Å². The fraction of sp³-hybridized carbons (Fsp3) is 0.556. The number of amides is 1. The molecule has 0 aliphatic rings. The SMILES string of the molecule is CCNS(=O)(=O)c1ccc(C)c(C(=O)N(CCC(=O)OC)CC(C)C)c1. The van der Waals surface area contributed by atoms with E-state index in [4.69, 9.17) is 0 Å². The number of hydrogen-bond donors (Lipinski definition) is 1. The lowest BCUT2D eigenvalue weighted by Gasteiger charge is -2.25. The number of sulfonamides is 1. The molecule has 8 heteroatoms. The zero-order chi connectivity index (χ0) is 19.9. The summed E-state index contributed by atoms with van der Waals surface area (Å²) < 4.78 is 31.5. The molecule has 0 heterocycles. The van der Waals surface area contributed by atoms with Gasteiger partial charge in [0, 0.05) is 25.2 Å². The van der Waals surface area contributed by atoms with E-state index in [0.717, 1.165) is 0 Å². The smallest absolute Gasteiger partial charge is 0.307 e. The predicted octanol–water partition coefficient (Wildman–Crippen LogP) is 1.95. The van der Waals surface area contributed by atoms with Crippen molar-refractivity contribution in [2.75, 3.05) is 26.7 Å². The molecule has 146 valence electrons. The first-order valence-corrected chi connectivity index (χ1v) is 10.1. The monoisotopic (exact) mass is 384 g/mol. The Bertz CT molecular complexity index is 744. The summed E-state index contributed by atoms with van der Waals surface area (Å²) in [4.78, 5) is 26.0. The van der Waals surface area contributed by atoms with Gasteiger partial charge >= 0.3 is 5.97 Å². The van der Waals surface area contributed by atoms with Crippen LogP contribution in [0.5, 0.6) is 0 Å². The summed E-state index contributed by atoms with van der Waals surface area (Å²) in [5, 5.41) is 0. The van der Waals surface area contributed by atoms with Gasteiger partial charge in [0.05, 0.1) is 18.4 Å². The molecule has 1 aromatic rings. The number of hydrogen-bond acceptors (Lipinski definition) is 5. The average molecular weight is 384 g/mol. The molecular weight excluding hydrogens is 356 g/mol. The first-order valence-electron chi connectivity index (χ1n) is 8.58. The van der Waals surface area contributed by atoms with E-state index in [1.54, 1.807) is 24.8 Å². The molecule has 0 fully saturated rings. The van der Waals surface area contributed by atoms with Crippen LogP contribution in [0.2, 0.25) is 0 Å². The fourth-order valence-corrected chi connectivity index (χ4v) is 3.55. The highest BCUT2D eigenvalue weighted by molar-refractivity contribution is 7.89. The molecule has 0 spiro atoms. The summed E-state index contributed by atoms with van der Waals surface area (Å²) in [7, 11) is -2.35. The minimum absolute atomic E-state index is 0.0470. The van der Waals surface area contributed by atoms with Gasteiger partial charge in [0.1, 0.15) is 0 Å². The number of methoxy groups -OCH3 is 1. The number of carbonyl (C=O) groups excluding carboxylic acids is 2. The second-order valence-electron chi connectivity index (χ2n) is 6.45. The number of rotatable bonds is 9. The Labute approximate surface area is 155 Å². The molecule has 0 aliphatic heterocycles. The van der Waals surface area contributed by atoms with Gasteiger partial charge in [-0.15, -0.1) is 0 Å². The van der Waals surface area contributed by atoms with Crippen molar-refractivity contribution in [2.24, 2.45) is 5.92 Å². The Balaban J connectivity index is 3.19. The first kappa shape index (κ1) is 22.1. The van der Waals surface area contributed by atoms with Crippen molar-refractivity contribution in [3.8, 4) is 0 Å². The highest BCUT2D eigenvalue weighted by Gasteiger charge is 2.22. The number of nitrogens with one attached hydrogen (secondary N) is 1. The van der Waals surface area contributed by atoms with Crippen LogP contribution in [0.4, 0.5) is 0 Å². The highest BCUT2D eigenvalue weighted by Crippen LogP contribution is 2.18. The standard InChI is InChI=1S/C18H28N2O5S/c1-6-19-26(23,24)15-8-7-14(4)16(11-15)18(22)20(12-13(2)3)10-9-17(21)25-5/h7-8,11,13,19H,6,9-10,12H2,1-5H3. The largest absolute Gasteiger partial charge is 0.469 e. The molecule has 26 heavy (non-hydrogen) atoms. The van der Waals surface area contributed by atoms with Crippen molar-refractivity contribution in [3.63, 3.8) is 0 Å². The van der Waals surface area contributed by atoms with E-state index in [1.165, 1.54) is 19.2 Å². The summed E-state index contributed by atoms with van der Waals surface area (Å²) >= 11 is 0. The Morgan fingerprint density at radius 2 is 1.92 bits per heavy atom. The third kappa shape index (κ3) is 6.10. The molecule has 1 N–H and O–H groups in total. The second-order valence-corrected chi connectivity index (χ2v) is 8.22. The van der Waals surface area contributed by atoms with Crippen LogP contribution < -0.4 is 4.72 Å². The number of benzene rings is 1. The van der Waals surface area contributed by atoms with E-state index in [1.807, 2.05) is 13.8 Å². The van der Waals surface area contributed by atoms with Crippen LogP contribution >= 0.6 is 0 Å². The predicted molar refractivity (Wildman–Crippen MR) is 99.4 cm³/mol. The van der Waals surface area contributed by atoms with Crippen molar-refractivity contribution >= 4 is 21.9 Å². The second kappa shape index (κ2) is 9.68. The molecule has 0 atom stereocenters. The topological polar surface area (TPSA) is 92.8 Å². The minimum atomic E-state index is -3.66. The van der Waals surface area contributed by atoms with Crippen LogP contribution in [-0.4, -0.2) is 51.9 Å². The minimum Gasteiger partial charge on any atom is -0.469 e. The molecule has 0 unspecified atom stereocenters. The van der Waals surface area contributed by atoms with Gasteiger partial charge < -0.3 is 9.64 Å². The van der Waals surface area contributed by atoms with Gasteiger partial charge in [0.2, 0.25) is 10.0 Å². The number of carbonyl (C=O) groups is 2. The number of aryl methyl sites for hydroxylation is 1. The Kier molecular flexibility index (Phi) is 8.23. The number of ether oxygens (including phenoxy) is 1. The van der Waals surface area contributed by atoms with Gasteiger partial charge in [0.15, 0.2) is 0 Å². The summed E-state index contributed by atoms with van der Waals surface area (Å²) in [6.45, 7) is 8.32.